The van der Waals surface area contributed by atoms with Gasteiger partial charge in [0.15, 0.2) is 0 Å². The van der Waals surface area contributed by atoms with E-state index in [0.29, 0.717) is 34.2 Å². The summed E-state index contributed by atoms with van der Waals surface area (Å²) in [5.41, 5.74) is 4.73. The Kier molecular flexibility index (Phi) is 10.5. The molecule has 1 saturated heterocycles. The number of likely N-dealkylation sites (tertiary alicyclic amines) is 1. The maximum absolute atomic E-state index is 15.0. The van der Waals surface area contributed by atoms with Gasteiger partial charge < -0.3 is 4.74 Å². The molecular weight excluding hydrogens is 568 g/mol. The quantitative estimate of drug-likeness (QED) is 0.175. The third-order valence-electron chi connectivity index (χ3n) is 6.95. The largest absolute Gasteiger partial charge is 0.493 e. The van der Waals surface area contributed by atoms with Crippen molar-refractivity contribution in [2.24, 2.45) is 5.92 Å². The van der Waals surface area contributed by atoms with Crippen LogP contribution in [0.4, 0.5) is 4.39 Å². The van der Waals surface area contributed by atoms with Gasteiger partial charge in [-0.3, -0.25) is 19.3 Å². The number of rotatable bonds is 11. The Morgan fingerprint density at radius 1 is 1.08 bits per heavy atom. The van der Waals surface area contributed by atoms with Crippen LogP contribution in [0.25, 0.3) is 0 Å². The molecule has 1 heterocycles. The molecule has 0 bridgehead atoms. The predicted octanol–water partition coefficient (Wildman–Crippen LogP) is 6.73. The van der Waals surface area contributed by atoms with Gasteiger partial charge in [-0.15, -0.1) is 4.41 Å². The Morgan fingerprint density at radius 3 is 2.39 bits per heavy atom. The minimum Gasteiger partial charge on any atom is -0.493 e. The van der Waals surface area contributed by atoms with E-state index < -0.39 is 11.7 Å². The summed E-state index contributed by atoms with van der Waals surface area (Å²) in [6.07, 6.45) is 6.37. The lowest BCUT2D eigenvalue weighted by Gasteiger charge is -2.32. The Morgan fingerprint density at radius 2 is 1.76 bits per heavy atom. The zero-order valence-corrected chi connectivity index (χ0v) is 24.7. The first-order valence-corrected chi connectivity index (χ1v) is 14.3. The third kappa shape index (κ3) is 8.40. The van der Waals surface area contributed by atoms with Gasteiger partial charge in [0.1, 0.15) is 23.8 Å². The predicted molar refractivity (Wildman–Crippen MR) is 156 cm³/mol. The number of hydrogen-bond donors (Lipinski definition) is 1. The molecule has 1 amide bonds. The van der Waals surface area contributed by atoms with Crippen molar-refractivity contribution in [1.82, 2.24) is 14.7 Å². The van der Waals surface area contributed by atoms with E-state index in [1.807, 2.05) is 12.1 Å². The van der Waals surface area contributed by atoms with Gasteiger partial charge in [-0.05, 0) is 98.8 Å². The van der Waals surface area contributed by atoms with Gasteiger partial charge >= 0.3 is 0 Å². The smallest absolute Gasteiger partial charge is 0.269 e. The number of hydrogen-bond acceptors (Lipinski definition) is 6. The number of carbonyl (C=O) groups excluding carboxylic acids is 1. The van der Waals surface area contributed by atoms with Crippen LogP contribution in [-0.2, 0) is 10.7 Å². The van der Waals surface area contributed by atoms with E-state index in [4.69, 9.17) is 32.1 Å². The van der Waals surface area contributed by atoms with Crippen LogP contribution in [0.2, 0.25) is 10.0 Å². The Labute approximate surface area is 245 Å². The van der Waals surface area contributed by atoms with Gasteiger partial charge in [0.25, 0.3) is 5.91 Å². The SMILES string of the molecule is CN(NC(=O)c1cc(C2CC2)c(OCC2CCN(Cc3cc(Cl)cc(Cl)c3)CC2)cc1F)SOC1CC1.S. The van der Waals surface area contributed by atoms with Crippen LogP contribution in [0.5, 0.6) is 5.75 Å². The average Bonchev–Trinajstić information content (AvgIpc) is 3.76. The minimum absolute atomic E-state index is 0. The highest BCUT2D eigenvalue weighted by molar-refractivity contribution is 7.92. The topological polar surface area (TPSA) is 54.0 Å². The standard InChI is InChI=1S/C27H32Cl2FN3O3S.H2S/c1-32(37-36-22-4-5-22)31-27(34)24-13-23(19-2-3-19)26(14-25(24)30)35-16-17-6-8-33(9-7-17)15-18-10-20(28)12-21(29)11-18;/h10-14,17,19,22H,2-9,15-16H2,1H3,(H,31,34);1H2. The number of piperidine rings is 1. The first kappa shape index (κ1) is 29.8. The van der Waals surface area contributed by atoms with Crippen LogP contribution in [0, 0.1) is 11.7 Å². The van der Waals surface area contributed by atoms with E-state index in [9.17, 15) is 9.18 Å². The van der Waals surface area contributed by atoms with Crippen molar-refractivity contribution in [1.29, 1.82) is 0 Å². The molecule has 0 atom stereocenters. The van der Waals surface area contributed by atoms with E-state index >= 15 is 0 Å². The van der Waals surface area contributed by atoms with Gasteiger partial charge in [0.05, 0.1) is 18.3 Å². The second-order valence-corrected chi connectivity index (χ2v) is 12.0. The molecule has 5 rings (SSSR count). The molecule has 2 aromatic carbocycles. The molecule has 0 spiro atoms. The van der Waals surface area contributed by atoms with Crippen LogP contribution in [0.1, 0.15) is 65.9 Å². The number of halogens is 3. The summed E-state index contributed by atoms with van der Waals surface area (Å²) in [5, 5.41) is 1.31. The maximum Gasteiger partial charge on any atom is 0.269 e. The molecule has 3 aliphatic rings. The highest BCUT2D eigenvalue weighted by atomic mass is 35.5. The molecular formula is C27H34Cl2FN3O3S2. The maximum atomic E-state index is 15.0. The molecule has 2 aliphatic carbocycles. The Balaban J connectivity index is 0.00000336. The lowest BCUT2D eigenvalue weighted by Crippen LogP contribution is -2.35. The van der Waals surface area contributed by atoms with E-state index in [0.717, 1.165) is 81.5 Å². The van der Waals surface area contributed by atoms with E-state index in [-0.39, 0.29) is 25.2 Å². The van der Waals surface area contributed by atoms with Crippen LogP contribution in [0.15, 0.2) is 30.3 Å². The van der Waals surface area contributed by atoms with Gasteiger partial charge in [-0.2, -0.15) is 13.5 Å². The number of carbonyl (C=O) groups is 1. The van der Waals surface area contributed by atoms with Gasteiger partial charge in [-0.25, -0.2) is 4.39 Å². The monoisotopic (exact) mass is 601 g/mol. The molecule has 208 valence electrons. The van der Waals surface area contributed by atoms with Gasteiger partial charge in [0.2, 0.25) is 0 Å². The van der Waals surface area contributed by atoms with Crippen molar-refractivity contribution in [2.75, 3.05) is 26.7 Å². The summed E-state index contributed by atoms with van der Waals surface area (Å²) in [6, 6.07) is 8.71. The average molecular weight is 603 g/mol. The van der Waals surface area contributed by atoms with Crippen LogP contribution in [-0.4, -0.2) is 48.1 Å². The van der Waals surface area contributed by atoms with Crippen molar-refractivity contribution in [3.05, 3.63) is 62.9 Å². The summed E-state index contributed by atoms with van der Waals surface area (Å²) in [7, 11) is 1.68. The fourth-order valence-electron chi connectivity index (χ4n) is 4.57. The third-order valence-corrected chi connectivity index (χ3v) is 8.06. The summed E-state index contributed by atoms with van der Waals surface area (Å²) in [4.78, 5) is 15.1. The lowest BCUT2D eigenvalue weighted by molar-refractivity contribution is 0.0890. The number of nitrogens with zero attached hydrogens (tertiary/aromatic N) is 2. The molecule has 2 aromatic rings. The van der Waals surface area contributed by atoms with Crippen LogP contribution < -0.4 is 10.2 Å². The van der Waals surface area contributed by atoms with Crippen molar-refractivity contribution in [3.8, 4) is 5.75 Å². The molecule has 6 nitrogen and oxygen atoms in total. The lowest BCUT2D eigenvalue weighted by atomic mass is 9.97. The molecule has 1 aliphatic heterocycles. The zero-order valence-electron chi connectivity index (χ0n) is 21.4. The highest BCUT2D eigenvalue weighted by Gasteiger charge is 2.30. The number of benzene rings is 2. The molecule has 2 saturated carbocycles. The molecule has 11 heteroatoms. The molecule has 0 aromatic heterocycles. The van der Waals surface area contributed by atoms with Crippen LogP contribution in [0.3, 0.4) is 0 Å². The molecule has 0 radical (unpaired) electrons. The molecule has 1 N–H and O–H groups in total. The molecule has 38 heavy (non-hydrogen) atoms. The highest BCUT2D eigenvalue weighted by Crippen LogP contribution is 2.45. The summed E-state index contributed by atoms with van der Waals surface area (Å²) >= 11 is 13.3. The van der Waals surface area contributed by atoms with E-state index in [2.05, 4.69) is 10.3 Å². The summed E-state index contributed by atoms with van der Waals surface area (Å²) in [6.45, 7) is 3.27. The first-order valence-electron chi connectivity index (χ1n) is 12.9. The van der Waals surface area contributed by atoms with Crippen molar-refractivity contribution in [2.45, 2.75) is 57.1 Å². The van der Waals surface area contributed by atoms with Crippen molar-refractivity contribution in [3.63, 3.8) is 0 Å². The Hall–Kier alpha value is -1.20. The number of nitrogens with one attached hydrogen (secondary N) is 1. The zero-order chi connectivity index (χ0) is 25.9. The van der Waals surface area contributed by atoms with Gasteiger partial charge in [0, 0.05) is 29.7 Å². The fourth-order valence-corrected chi connectivity index (χ4v) is 5.71. The number of hydrazine groups is 1. The second-order valence-electron chi connectivity index (χ2n) is 10.3. The van der Waals surface area contributed by atoms with E-state index in [1.54, 1.807) is 19.2 Å². The van der Waals surface area contributed by atoms with Crippen molar-refractivity contribution < 1.29 is 18.1 Å². The van der Waals surface area contributed by atoms with Gasteiger partial charge in [-0.1, -0.05) is 23.2 Å². The fraction of sp³-hybridized carbons (Fsp3) is 0.519. The number of ether oxygens (including phenoxy) is 1. The summed E-state index contributed by atoms with van der Waals surface area (Å²) < 4.78 is 28.1. The van der Waals surface area contributed by atoms with Crippen LogP contribution >= 0.6 is 48.9 Å². The number of amides is 1. The molecule has 3 fully saturated rings. The normalized spacial score (nSPS) is 18.3. The minimum atomic E-state index is -0.576. The van der Waals surface area contributed by atoms with E-state index in [1.165, 1.54) is 10.5 Å². The van der Waals surface area contributed by atoms with Crippen molar-refractivity contribution >= 4 is 54.8 Å². The second kappa shape index (κ2) is 13.4. The molecule has 0 unspecified atom stereocenters. The summed E-state index contributed by atoms with van der Waals surface area (Å²) in [5.74, 6) is 0.211. The first-order chi connectivity index (χ1) is 17.8. The Bertz CT molecular complexity index is 1110.